The number of hydrogen-bond acceptors (Lipinski definition) is 3. The highest BCUT2D eigenvalue weighted by molar-refractivity contribution is 5.25. The summed E-state index contributed by atoms with van der Waals surface area (Å²) in [6.07, 6.45) is 5.13. The molecule has 3 atom stereocenters. The van der Waals surface area contributed by atoms with Crippen molar-refractivity contribution in [3.63, 3.8) is 0 Å². The molecule has 3 heteroatoms. The Balaban J connectivity index is 1.94. The van der Waals surface area contributed by atoms with Crippen LogP contribution in [0.1, 0.15) is 49.8 Å². The summed E-state index contributed by atoms with van der Waals surface area (Å²) in [5.41, 5.74) is 2.26. The van der Waals surface area contributed by atoms with Crippen LogP contribution in [0.15, 0.2) is 24.3 Å². The monoisotopic (exact) mass is 276 g/mol. The minimum absolute atomic E-state index is 0.118. The van der Waals surface area contributed by atoms with Gasteiger partial charge in [-0.05, 0) is 51.4 Å². The van der Waals surface area contributed by atoms with E-state index in [4.69, 9.17) is 0 Å². The van der Waals surface area contributed by atoms with Gasteiger partial charge in [0, 0.05) is 18.1 Å². The van der Waals surface area contributed by atoms with Gasteiger partial charge >= 0.3 is 0 Å². The predicted octanol–water partition coefficient (Wildman–Crippen LogP) is 2.70. The first-order valence-corrected chi connectivity index (χ1v) is 7.72. The van der Waals surface area contributed by atoms with E-state index in [2.05, 4.69) is 43.4 Å². The Kier molecular flexibility index (Phi) is 5.58. The number of nitrogens with zero attached hydrogens (tertiary/aromatic N) is 1. The van der Waals surface area contributed by atoms with Crippen molar-refractivity contribution in [2.75, 3.05) is 14.1 Å². The maximum Gasteiger partial charge on any atom is 0.0681 e. The highest BCUT2D eigenvalue weighted by Gasteiger charge is 2.24. The molecule has 1 saturated carbocycles. The summed E-state index contributed by atoms with van der Waals surface area (Å²) in [7, 11) is 4.36. The molecule has 0 aromatic heterocycles. The maximum atomic E-state index is 9.24. The van der Waals surface area contributed by atoms with E-state index in [0.717, 1.165) is 5.56 Å². The van der Waals surface area contributed by atoms with Gasteiger partial charge in [-0.3, -0.25) is 0 Å². The van der Waals surface area contributed by atoms with E-state index < -0.39 is 0 Å². The van der Waals surface area contributed by atoms with Gasteiger partial charge < -0.3 is 15.3 Å². The highest BCUT2D eigenvalue weighted by Crippen LogP contribution is 2.24. The Labute approximate surface area is 123 Å². The molecule has 0 aliphatic heterocycles. The second kappa shape index (κ2) is 7.21. The fourth-order valence-electron chi connectivity index (χ4n) is 3.19. The van der Waals surface area contributed by atoms with E-state index in [1.165, 1.54) is 31.2 Å². The second-order valence-electron chi connectivity index (χ2n) is 6.27. The fourth-order valence-corrected chi connectivity index (χ4v) is 3.19. The average molecular weight is 276 g/mol. The Morgan fingerprint density at radius 1 is 1.35 bits per heavy atom. The van der Waals surface area contributed by atoms with Gasteiger partial charge in [-0.1, -0.05) is 30.7 Å². The van der Waals surface area contributed by atoms with E-state index in [1.807, 2.05) is 12.1 Å². The molecular formula is C17H28N2O. The summed E-state index contributed by atoms with van der Waals surface area (Å²) in [6.45, 7) is 2.34. The second-order valence-corrected chi connectivity index (χ2v) is 6.27. The van der Waals surface area contributed by atoms with Gasteiger partial charge in [-0.15, -0.1) is 0 Å². The summed E-state index contributed by atoms with van der Waals surface area (Å²) < 4.78 is 0. The standard InChI is InChI=1S/C17H28N2O/c1-13(15-7-4-6-14(10-15)12-20)18-16-8-5-9-17(11-16)19(2)3/h4,6-7,10,13,16-18,20H,5,8-9,11-12H2,1-3H3. The molecule has 0 amide bonds. The van der Waals surface area contributed by atoms with Crippen LogP contribution in [-0.2, 0) is 6.61 Å². The van der Waals surface area contributed by atoms with E-state index in [0.29, 0.717) is 18.1 Å². The molecule has 0 heterocycles. The van der Waals surface area contributed by atoms with E-state index >= 15 is 0 Å². The lowest BCUT2D eigenvalue weighted by molar-refractivity contribution is 0.193. The Morgan fingerprint density at radius 3 is 2.85 bits per heavy atom. The van der Waals surface area contributed by atoms with Crippen LogP contribution in [0, 0.1) is 0 Å². The molecule has 2 rings (SSSR count). The molecular weight excluding hydrogens is 248 g/mol. The molecule has 1 aliphatic carbocycles. The molecule has 0 bridgehead atoms. The first-order valence-electron chi connectivity index (χ1n) is 7.72. The minimum atomic E-state index is 0.118. The number of hydrogen-bond donors (Lipinski definition) is 2. The van der Waals surface area contributed by atoms with Gasteiger partial charge in [0.15, 0.2) is 0 Å². The fraction of sp³-hybridized carbons (Fsp3) is 0.647. The molecule has 1 fully saturated rings. The van der Waals surface area contributed by atoms with Crippen LogP contribution in [0.2, 0.25) is 0 Å². The van der Waals surface area contributed by atoms with Crippen molar-refractivity contribution in [2.45, 2.75) is 57.3 Å². The van der Waals surface area contributed by atoms with Gasteiger partial charge in [0.05, 0.1) is 6.61 Å². The van der Waals surface area contributed by atoms with Crippen molar-refractivity contribution in [3.8, 4) is 0 Å². The summed E-state index contributed by atoms with van der Waals surface area (Å²) in [5, 5.41) is 13.0. The molecule has 1 aromatic rings. The zero-order valence-electron chi connectivity index (χ0n) is 13.0. The maximum absolute atomic E-state index is 9.24. The smallest absolute Gasteiger partial charge is 0.0681 e. The number of benzene rings is 1. The number of nitrogens with one attached hydrogen (secondary N) is 1. The first-order chi connectivity index (χ1) is 9.60. The topological polar surface area (TPSA) is 35.5 Å². The lowest BCUT2D eigenvalue weighted by Crippen LogP contribution is -2.42. The molecule has 0 radical (unpaired) electrons. The van der Waals surface area contributed by atoms with Crippen molar-refractivity contribution >= 4 is 0 Å². The van der Waals surface area contributed by atoms with Crippen LogP contribution < -0.4 is 5.32 Å². The Morgan fingerprint density at radius 2 is 2.15 bits per heavy atom. The first kappa shape index (κ1) is 15.5. The molecule has 0 saturated heterocycles. The largest absolute Gasteiger partial charge is 0.392 e. The van der Waals surface area contributed by atoms with Crippen LogP contribution in [-0.4, -0.2) is 36.2 Å². The van der Waals surface area contributed by atoms with Crippen molar-refractivity contribution in [1.82, 2.24) is 10.2 Å². The van der Waals surface area contributed by atoms with Crippen LogP contribution in [0.5, 0.6) is 0 Å². The van der Waals surface area contributed by atoms with Gasteiger partial charge in [0.2, 0.25) is 0 Å². The minimum Gasteiger partial charge on any atom is -0.392 e. The average Bonchev–Trinajstić information content (AvgIpc) is 2.47. The van der Waals surface area contributed by atoms with Crippen LogP contribution in [0.25, 0.3) is 0 Å². The summed E-state index contributed by atoms with van der Waals surface area (Å²) in [4.78, 5) is 2.35. The lowest BCUT2D eigenvalue weighted by Gasteiger charge is -2.35. The molecule has 0 spiro atoms. The quantitative estimate of drug-likeness (QED) is 0.868. The Bertz CT molecular complexity index is 419. The predicted molar refractivity (Wildman–Crippen MR) is 83.6 cm³/mol. The van der Waals surface area contributed by atoms with Crippen molar-refractivity contribution in [1.29, 1.82) is 0 Å². The molecule has 1 aromatic carbocycles. The van der Waals surface area contributed by atoms with Gasteiger partial charge in [0.25, 0.3) is 0 Å². The normalized spacial score (nSPS) is 24.9. The van der Waals surface area contributed by atoms with Crippen LogP contribution in [0.3, 0.4) is 0 Å². The van der Waals surface area contributed by atoms with Crippen molar-refractivity contribution in [2.24, 2.45) is 0 Å². The summed E-state index contributed by atoms with van der Waals surface area (Å²) in [5.74, 6) is 0. The molecule has 1 aliphatic rings. The third-order valence-corrected chi connectivity index (χ3v) is 4.50. The van der Waals surface area contributed by atoms with Gasteiger partial charge in [-0.25, -0.2) is 0 Å². The SMILES string of the molecule is CC(NC1CCCC(N(C)C)C1)c1cccc(CO)c1. The van der Waals surface area contributed by atoms with E-state index in [1.54, 1.807) is 0 Å². The number of aliphatic hydroxyl groups is 1. The van der Waals surface area contributed by atoms with Crippen LogP contribution in [0.4, 0.5) is 0 Å². The highest BCUT2D eigenvalue weighted by atomic mass is 16.3. The van der Waals surface area contributed by atoms with E-state index in [9.17, 15) is 5.11 Å². The number of rotatable bonds is 5. The van der Waals surface area contributed by atoms with Crippen molar-refractivity contribution < 1.29 is 5.11 Å². The van der Waals surface area contributed by atoms with Gasteiger partial charge in [0.1, 0.15) is 0 Å². The van der Waals surface area contributed by atoms with Crippen molar-refractivity contribution in [3.05, 3.63) is 35.4 Å². The van der Waals surface area contributed by atoms with Gasteiger partial charge in [-0.2, -0.15) is 0 Å². The molecule has 112 valence electrons. The van der Waals surface area contributed by atoms with E-state index in [-0.39, 0.29) is 6.61 Å². The Hall–Kier alpha value is -0.900. The molecule has 20 heavy (non-hydrogen) atoms. The number of aliphatic hydroxyl groups excluding tert-OH is 1. The lowest BCUT2D eigenvalue weighted by atomic mass is 9.89. The third-order valence-electron chi connectivity index (χ3n) is 4.50. The zero-order valence-corrected chi connectivity index (χ0v) is 13.0. The molecule has 3 nitrogen and oxygen atoms in total. The zero-order chi connectivity index (χ0) is 14.5. The summed E-state index contributed by atoms with van der Waals surface area (Å²) >= 11 is 0. The summed E-state index contributed by atoms with van der Waals surface area (Å²) in [6, 6.07) is 9.89. The molecule has 3 unspecified atom stereocenters. The third kappa shape index (κ3) is 4.05. The van der Waals surface area contributed by atoms with Crippen LogP contribution >= 0.6 is 0 Å². The molecule has 2 N–H and O–H groups in total.